The van der Waals surface area contributed by atoms with Crippen LogP contribution in [0.1, 0.15) is 51.0 Å². The van der Waals surface area contributed by atoms with Crippen molar-refractivity contribution in [2.45, 2.75) is 51.5 Å². The number of hydrogen-bond donors (Lipinski definition) is 1. The number of nitrogens with zero attached hydrogens (tertiary/aromatic N) is 1. The average molecular weight is 333 g/mol. The first-order valence-corrected chi connectivity index (χ1v) is 9.87. The van der Waals surface area contributed by atoms with Crippen LogP contribution in [-0.4, -0.2) is 17.4 Å². The number of phenolic OH excluding ortho intramolecular Hbond substituents is 1. The number of aliphatic imine (C=N–C) groups is 1. The number of hydrogen-bond acceptors (Lipinski definition) is 2. The number of rotatable bonds is 3. The monoisotopic (exact) mass is 333 g/mol. The van der Waals surface area contributed by atoms with Gasteiger partial charge in [-0.15, -0.1) is 0 Å². The molecule has 0 aromatic heterocycles. The predicted octanol–water partition coefficient (Wildman–Crippen LogP) is 5.57. The Morgan fingerprint density at radius 3 is 2.32 bits per heavy atom. The highest BCUT2D eigenvalue weighted by Crippen LogP contribution is 2.61. The third-order valence-electron chi connectivity index (χ3n) is 7.35. The fraction of sp³-hybridized carbons (Fsp3) is 0.522. The molecule has 4 aliphatic carbocycles. The van der Waals surface area contributed by atoms with E-state index in [0.29, 0.717) is 17.2 Å². The van der Waals surface area contributed by atoms with Gasteiger partial charge in [0.25, 0.3) is 0 Å². The molecule has 4 fully saturated rings. The van der Waals surface area contributed by atoms with E-state index < -0.39 is 0 Å². The van der Waals surface area contributed by atoms with Gasteiger partial charge < -0.3 is 5.11 Å². The van der Waals surface area contributed by atoms with Crippen molar-refractivity contribution in [2.24, 2.45) is 28.2 Å². The maximum Gasteiger partial charge on any atom is 0.124 e. The largest absolute Gasteiger partial charge is 0.507 e. The van der Waals surface area contributed by atoms with Crippen LogP contribution >= 0.6 is 0 Å². The maximum atomic E-state index is 10.4. The highest BCUT2D eigenvalue weighted by molar-refractivity contribution is 6.02. The van der Waals surface area contributed by atoms with E-state index in [1.807, 2.05) is 24.4 Å². The fourth-order valence-corrected chi connectivity index (χ4v) is 6.45. The first kappa shape index (κ1) is 15.4. The summed E-state index contributed by atoms with van der Waals surface area (Å²) in [7, 11) is 0. The van der Waals surface area contributed by atoms with E-state index in [4.69, 9.17) is 4.99 Å². The molecule has 0 radical (unpaired) electrons. The SMILES string of the molecule is CC(N=Cc1c(O)ccc2ccccc12)C12CC3CC(CC(C3)C1)C2. The Hall–Kier alpha value is -1.83. The molecule has 1 unspecified atom stereocenters. The maximum absolute atomic E-state index is 10.4. The lowest BCUT2D eigenvalue weighted by Gasteiger charge is -2.58. The normalized spacial score (nSPS) is 34.8. The van der Waals surface area contributed by atoms with Crippen molar-refractivity contribution in [2.75, 3.05) is 0 Å². The second-order valence-corrected chi connectivity index (χ2v) is 8.95. The van der Waals surface area contributed by atoms with Crippen LogP contribution in [0.2, 0.25) is 0 Å². The number of aromatic hydroxyl groups is 1. The van der Waals surface area contributed by atoms with Crippen LogP contribution in [0.15, 0.2) is 41.4 Å². The molecule has 0 aliphatic heterocycles. The topological polar surface area (TPSA) is 32.6 Å². The van der Waals surface area contributed by atoms with E-state index in [0.717, 1.165) is 34.1 Å². The molecule has 25 heavy (non-hydrogen) atoms. The molecule has 2 heteroatoms. The summed E-state index contributed by atoms with van der Waals surface area (Å²) in [5, 5.41) is 12.6. The molecule has 2 aromatic rings. The van der Waals surface area contributed by atoms with Gasteiger partial charge in [0.15, 0.2) is 0 Å². The summed E-state index contributed by atoms with van der Waals surface area (Å²) in [5.41, 5.74) is 1.29. The number of benzene rings is 2. The summed E-state index contributed by atoms with van der Waals surface area (Å²) in [6.45, 7) is 2.31. The van der Waals surface area contributed by atoms with Gasteiger partial charge in [-0.25, -0.2) is 0 Å². The van der Waals surface area contributed by atoms with Crippen molar-refractivity contribution < 1.29 is 5.11 Å². The molecular formula is C23H27NO. The zero-order chi connectivity index (χ0) is 17.0. The molecule has 2 nitrogen and oxygen atoms in total. The van der Waals surface area contributed by atoms with E-state index in [1.165, 1.54) is 38.5 Å². The molecule has 4 aliphatic rings. The second-order valence-electron chi connectivity index (χ2n) is 8.95. The predicted molar refractivity (Wildman–Crippen MR) is 103 cm³/mol. The molecule has 130 valence electrons. The molecule has 2 aromatic carbocycles. The van der Waals surface area contributed by atoms with Crippen molar-refractivity contribution >= 4 is 17.0 Å². The van der Waals surface area contributed by atoms with Crippen molar-refractivity contribution in [1.29, 1.82) is 0 Å². The van der Waals surface area contributed by atoms with E-state index in [-0.39, 0.29) is 0 Å². The third-order valence-corrected chi connectivity index (χ3v) is 7.35. The van der Waals surface area contributed by atoms with Crippen molar-refractivity contribution in [3.63, 3.8) is 0 Å². The van der Waals surface area contributed by atoms with Crippen LogP contribution in [0.3, 0.4) is 0 Å². The Bertz CT molecular complexity index is 802. The minimum atomic E-state index is 0.333. The lowest BCUT2D eigenvalue weighted by atomic mass is 9.48. The van der Waals surface area contributed by atoms with Crippen LogP contribution < -0.4 is 0 Å². The van der Waals surface area contributed by atoms with Crippen molar-refractivity contribution in [3.05, 3.63) is 42.0 Å². The Labute approximate surface area is 150 Å². The first-order valence-electron chi connectivity index (χ1n) is 9.87. The van der Waals surface area contributed by atoms with Gasteiger partial charge in [-0.1, -0.05) is 30.3 Å². The molecule has 1 atom stereocenters. The van der Waals surface area contributed by atoms with Gasteiger partial charge in [0.1, 0.15) is 5.75 Å². The van der Waals surface area contributed by atoms with E-state index in [1.54, 1.807) is 6.07 Å². The van der Waals surface area contributed by atoms with E-state index >= 15 is 0 Å². The Morgan fingerprint density at radius 1 is 1.00 bits per heavy atom. The first-order chi connectivity index (χ1) is 12.1. The van der Waals surface area contributed by atoms with E-state index in [9.17, 15) is 5.11 Å². The van der Waals surface area contributed by atoms with Crippen molar-refractivity contribution in [3.8, 4) is 5.75 Å². The van der Waals surface area contributed by atoms with Crippen LogP contribution in [0, 0.1) is 23.2 Å². The Balaban J connectivity index is 1.47. The smallest absolute Gasteiger partial charge is 0.124 e. The summed E-state index contributed by atoms with van der Waals surface area (Å²) in [6.07, 6.45) is 10.5. The standard InChI is InChI=1S/C23H27NO/c1-15(23-11-16-8-17(12-23)10-18(9-16)13-23)24-14-21-20-5-3-2-4-19(20)6-7-22(21)25/h2-7,14-18,25H,8-13H2,1H3. The minimum absolute atomic E-state index is 0.333. The summed E-state index contributed by atoms with van der Waals surface area (Å²) in [4.78, 5) is 5.01. The van der Waals surface area contributed by atoms with Crippen molar-refractivity contribution in [1.82, 2.24) is 0 Å². The van der Waals surface area contributed by atoms with Gasteiger partial charge in [0.2, 0.25) is 0 Å². The highest BCUT2D eigenvalue weighted by atomic mass is 16.3. The molecule has 6 rings (SSSR count). The van der Waals surface area contributed by atoms with Gasteiger partial charge in [-0.05, 0) is 85.5 Å². The number of phenols is 1. The van der Waals surface area contributed by atoms with Crippen LogP contribution in [0.25, 0.3) is 10.8 Å². The van der Waals surface area contributed by atoms with E-state index in [2.05, 4.69) is 19.1 Å². The highest BCUT2D eigenvalue weighted by Gasteiger charge is 2.53. The van der Waals surface area contributed by atoms with Gasteiger partial charge in [-0.2, -0.15) is 0 Å². The van der Waals surface area contributed by atoms with Crippen LogP contribution in [0.5, 0.6) is 5.75 Å². The Kier molecular flexibility index (Phi) is 3.45. The zero-order valence-electron chi connectivity index (χ0n) is 15.0. The zero-order valence-corrected chi connectivity index (χ0v) is 15.0. The summed E-state index contributed by atoms with van der Waals surface area (Å²) in [5.74, 6) is 3.19. The summed E-state index contributed by atoms with van der Waals surface area (Å²) >= 11 is 0. The third kappa shape index (κ3) is 2.49. The van der Waals surface area contributed by atoms with Crippen LogP contribution in [0.4, 0.5) is 0 Å². The Morgan fingerprint density at radius 2 is 1.64 bits per heavy atom. The lowest BCUT2D eigenvalue weighted by molar-refractivity contribution is -0.0632. The fourth-order valence-electron chi connectivity index (χ4n) is 6.45. The van der Waals surface area contributed by atoms with Crippen LogP contribution in [-0.2, 0) is 0 Å². The molecule has 0 heterocycles. The molecule has 1 N–H and O–H groups in total. The number of fused-ring (bicyclic) bond motifs is 1. The molecule has 0 saturated heterocycles. The molecule has 4 bridgehead atoms. The summed E-state index contributed by atoms with van der Waals surface area (Å²) in [6, 6.07) is 12.4. The minimum Gasteiger partial charge on any atom is -0.507 e. The molecule has 4 saturated carbocycles. The van der Waals surface area contributed by atoms with Gasteiger partial charge >= 0.3 is 0 Å². The molecule has 0 amide bonds. The molecule has 0 spiro atoms. The van der Waals surface area contributed by atoms with Gasteiger partial charge in [0, 0.05) is 11.8 Å². The molecular weight excluding hydrogens is 306 g/mol. The second kappa shape index (κ2) is 5.59. The average Bonchev–Trinajstić information content (AvgIpc) is 2.59. The lowest BCUT2D eigenvalue weighted by Crippen LogP contribution is -2.50. The quantitative estimate of drug-likeness (QED) is 0.732. The van der Waals surface area contributed by atoms with Gasteiger partial charge in [-0.3, -0.25) is 4.99 Å². The summed E-state index contributed by atoms with van der Waals surface area (Å²) < 4.78 is 0. The van der Waals surface area contributed by atoms with Gasteiger partial charge in [0.05, 0.1) is 6.04 Å².